The summed E-state index contributed by atoms with van der Waals surface area (Å²) in [5.41, 5.74) is 1.20. The van der Waals surface area contributed by atoms with Gasteiger partial charge in [0, 0.05) is 30.9 Å². The number of nitrogens with zero attached hydrogens (tertiary/aromatic N) is 1. The fraction of sp³-hybridized carbons (Fsp3) is 0.214. The number of nitrogens with one attached hydrogen (secondary N) is 1. The highest BCUT2D eigenvalue weighted by Crippen LogP contribution is 2.18. The highest BCUT2D eigenvalue weighted by atomic mass is 35.5. The smallest absolute Gasteiger partial charge is 0.250 e. The average Bonchev–Trinajstić information content (AvgIpc) is 2.42. The quantitative estimate of drug-likeness (QED) is 0.933. The van der Waals surface area contributed by atoms with Crippen molar-refractivity contribution in [1.82, 2.24) is 4.57 Å². The van der Waals surface area contributed by atoms with Gasteiger partial charge in [0.1, 0.15) is 5.82 Å². The van der Waals surface area contributed by atoms with Crippen LogP contribution in [0.4, 0.5) is 10.1 Å². The van der Waals surface area contributed by atoms with E-state index < -0.39 is 5.82 Å². The predicted molar refractivity (Wildman–Crippen MR) is 75.1 cm³/mol. The Labute approximate surface area is 115 Å². The maximum absolute atomic E-state index is 13.7. The summed E-state index contributed by atoms with van der Waals surface area (Å²) in [7, 11) is 0. The molecular formula is C14H14ClFN2O. The SMILES string of the molecule is CCn1cc(NCc2cccc(Cl)c2F)ccc1=O. The summed E-state index contributed by atoms with van der Waals surface area (Å²) in [6.07, 6.45) is 1.71. The second kappa shape index (κ2) is 5.89. The second-order valence-electron chi connectivity index (χ2n) is 4.11. The highest BCUT2D eigenvalue weighted by molar-refractivity contribution is 6.30. The second-order valence-corrected chi connectivity index (χ2v) is 4.52. The third-order valence-corrected chi connectivity index (χ3v) is 3.13. The predicted octanol–water partition coefficient (Wildman–Crippen LogP) is 3.27. The molecule has 1 N–H and O–H groups in total. The molecule has 2 rings (SSSR count). The van der Waals surface area contributed by atoms with Gasteiger partial charge in [-0.2, -0.15) is 0 Å². The Kier molecular flexibility index (Phi) is 4.22. The van der Waals surface area contributed by atoms with Crippen molar-refractivity contribution in [2.24, 2.45) is 0 Å². The van der Waals surface area contributed by atoms with E-state index in [0.29, 0.717) is 18.7 Å². The molecule has 0 fully saturated rings. The fourth-order valence-corrected chi connectivity index (χ4v) is 1.96. The van der Waals surface area contributed by atoms with Gasteiger partial charge < -0.3 is 9.88 Å². The van der Waals surface area contributed by atoms with Crippen molar-refractivity contribution >= 4 is 17.3 Å². The summed E-state index contributed by atoms with van der Waals surface area (Å²) >= 11 is 5.72. The van der Waals surface area contributed by atoms with E-state index in [1.807, 2.05) is 6.92 Å². The minimum absolute atomic E-state index is 0.0537. The number of hydrogen-bond donors (Lipinski definition) is 1. The lowest BCUT2D eigenvalue weighted by Gasteiger charge is -2.10. The third kappa shape index (κ3) is 3.15. The number of anilines is 1. The number of aromatic nitrogens is 1. The number of hydrogen-bond acceptors (Lipinski definition) is 2. The van der Waals surface area contributed by atoms with Crippen molar-refractivity contribution in [1.29, 1.82) is 0 Å². The maximum Gasteiger partial charge on any atom is 0.250 e. The van der Waals surface area contributed by atoms with E-state index >= 15 is 0 Å². The van der Waals surface area contributed by atoms with E-state index in [-0.39, 0.29) is 10.6 Å². The first kappa shape index (κ1) is 13.6. The normalized spacial score (nSPS) is 10.5. The third-order valence-electron chi connectivity index (χ3n) is 2.84. The summed E-state index contributed by atoms with van der Waals surface area (Å²) in [4.78, 5) is 11.4. The fourth-order valence-electron chi connectivity index (χ4n) is 1.77. The number of rotatable bonds is 4. The van der Waals surface area contributed by atoms with Crippen molar-refractivity contribution in [3.63, 3.8) is 0 Å². The van der Waals surface area contributed by atoms with Crippen LogP contribution < -0.4 is 10.9 Å². The van der Waals surface area contributed by atoms with Crippen LogP contribution in [-0.4, -0.2) is 4.57 Å². The lowest BCUT2D eigenvalue weighted by atomic mass is 10.2. The molecular weight excluding hydrogens is 267 g/mol. The van der Waals surface area contributed by atoms with Crippen LogP contribution in [0.3, 0.4) is 0 Å². The lowest BCUT2D eigenvalue weighted by molar-refractivity contribution is 0.613. The molecule has 3 nitrogen and oxygen atoms in total. The summed E-state index contributed by atoms with van der Waals surface area (Å²) < 4.78 is 15.3. The van der Waals surface area contributed by atoms with Gasteiger partial charge in [0.25, 0.3) is 5.56 Å². The van der Waals surface area contributed by atoms with Crippen LogP contribution in [0.1, 0.15) is 12.5 Å². The van der Waals surface area contributed by atoms with Gasteiger partial charge >= 0.3 is 0 Å². The first-order chi connectivity index (χ1) is 9.11. The molecule has 0 radical (unpaired) electrons. The Morgan fingerprint density at radius 1 is 1.32 bits per heavy atom. The molecule has 0 aliphatic carbocycles. The molecule has 0 saturated heterocycles. The zero-order valence-corrected chi connectivity index (χ0v) is 11.2. The van der Waals surface area contributed by atoms with Crippen molar-refractivity contribution in [3.05, 3.63) is 63.3 Å². The molecule has 0 saturated carbocycles. The summed E-state index contributed by atoms with van der Waals surface area (Å²) in [6, 6.07) is 8.05. The van der Waals surface area contributed by atoms with E-state index in [4.69, 9.17) is 11.6 Å². The zero-order chi connectivity index (χ0) is 13.8. The lowest BCUT2D eigenvalue weighted by Crippen LogP contribution is -2.17. The van der Waals surface area contributed by atoms with Crippen LogP contribution in [0, 0.1) is 5.82 Å². The highest BCUT2D eigenvalue weighted by Gasteiger charge is 2.06. The van der Waals surface area contributed by atoms with Crippen LogP contribution in [0.15, 0.2) is 41.3 Å². The number of benzene rings is 1. The average molecular weight is 281 g/mol. The standard InChI is InChI=1S/C14H14ClFN2O/c1-2-18-9-11(6-7-13(18)19)17-8-10-4-3-5-12(15)14(10)16/h3-7,9,17H,2,8H2,1H3. The molecule has 0 spiro atoms. The van der Waals surface area contributed by atoms with Gasteiger partial charge in [-0.1, -0.05) is 23.7 Å². The molecule has 0 amide bonds. The van der Waals surface area contributed by atoms with Crippen molar-refractivity contribution in [3.8, 4) is 0 Å². The van der Waals surface area contributed by atoms with Crippen molar-refractivity contribution < 1.29 is 4.39 Å². The summed E-state index contributed by atoms with van der Waals surface area (Å²) in [5.74, 6) is -0.416. The van der Waals surface area contributed by atoms with Crippen molar-refractivity contribution in [2.45, 2.75) is 20.0 Å². The van der Waals surface area contributed by atoms with E-state index in [1.54, 1.807) is 29.0 Å². The van der Waals surface area contributed by atoms with Crippen molar-refractivity contribution in [2.75, 3.05) is 5.32 Å². The van der Waals surface area contributed by atoms with Gasteiger partial charge in [0.15, 0.2) is 0 Å². The minimum Gasteiger partial charge on any atom is -0.380 e. The molecule has 19 heavy (non-hydrogen) atoms. The Hall–Kier alpha value is -1.81. The summed E-state index contributed by atoms with van der Waals surface area (Å²) in [5, 5.41) is 3.18. The maximum atomic E-state index is 13.7. The Bertz CT molecular complexity index is 640. The van der Waals surface area contributed by atoms with Crippen LogP contribution in [0.5, 0.6) is 0 Å². The molecule has 1 heterocycles. The van der Waals surface area contributed by atoms with Gasteiger partial charge in [-0.15, -0.1) is 0 Å². The van der Waals surface area contributed by atoms with Gasteiger partial charge in [-0.05, 0) is 19.1 Å². The molecule has 100 valence electrons. The molecule has 1 aromatic heterocycles. The van der Waals surface area contributed by atoms with Crippen LogP contribution in [-0.2, 0) is 13.1 Å². The largest absolute Gasteiger partial charge is 0.380 e. The molecule has 1 aromatic carbocycles. The molecule has 0 unspecified atom stereocenters. The number of halogens is 2. The topological polar surface area (TPSA) is 34.0 Å². The summed E-state index contributed by atoms with van der Waals surface area (Å²) in [6.45, 7) is 2.80. The van der Waals surface area contributed by atoms with Gasteiger partial charge in [-0.25, -0.2) is 4.39 Å². The first-order valence-corrected chi connectivity index (χ1v) is 6.37. The van der Waals surface area contributed by atoms with E-state index in [1.165, 1.54) is 12.1 Å². The minimum atomic E-state index is -0.416. The molecule has 2 aromatic rings. The molecule has 0 atom stereocenters. The van der Waals surface area contributed by atoms with E-state index in [0.717, 1.165) is 5.69 Å². The van der Waals surface area contributed by atoms with E-state index in [2.05, 4.69) is 5.32 Å². The molecule has 5 heteroatoms. The molecule has 0 bridgehead atoms. The van der Waals surface area contributed by atoms with E-state index in [9.17, 15) is 9.18 Å². The van der Waals surface area contributed by atoms with Crippen LogP contribution in [0.25, 0.3) is 0 Å². The Morgan fingerprint density at radius 3 is 2.84 bits per heavy atom. The molecule has 0 aliphatic heterocycles. The zero-order valence-electron chi connectivity index (χ0n) is 10.5. The monoisotopic (exact) mass is 280 g/mol. The number of pyridine rings is 1. The van der Waals surface area contributed by atoms with Crippen LogP contribution in [0.2, 0.25) is 5.02 Å². The Balaban J connectivity index is 2.14. The first-order valence-electron chi connectivity index (χ1n) is 5.99. The Morgan fingerprint density at radius 2 is 2.11 bits per heavy atom. The van der Waals surface area contributed by atoms with Gasteiger partial charge in [0.05, 0.1) is 10.7 Å². The van der Waals surface area contributed by atoms with Gasteiger partial charge in [0.2, 0.25) is 0 Å². The number of aryl methyl sites for hydroxylation is 1. The van der Waals surface area contributed by atoms with Gasteiger partial charge in [-0.3, -0.25) is 4.79 Å². The van der Waals surface area contributed by atoms with Crippen LogP contribution >= 0.6 is 11.6 Å². The molecule has 0 aliphatic rings.